The number of halogens is 2. The Balaban J connectivity index is 1.89. The summed E-state index contributed by atoms with van der Waals surface area (Å²) in [6, 6.07) is 1.75. The molecule has 1 fully saturated rings. The number of hydrogen-bond donors (Lipinski definition) is 2. The molecule has 2 N–H and O–H groups in total. The lowest BCUT2D eigenvalue weighted by molar-refractivity contribution is 0.345. The SMILES string of the molecule is CCNc1nc(NCCC2CCCCC2)c(Cl)cc1Cl. The Bertz CT molecular complexity index is 431. The number of nitrogens with one attached hydrogen (secondary N) is 2. The number of nitrogens with zero attached hydrogens (tertiary/aromatic N) is 1. The smallest absolute Gasteiger partial charge is 0.147 e. The van der Waals surface area contributed by atoms with Gasteiger partial charge in [0.15, 0.2) is 0 Å². The molecule has 1 aromatic rings. The molecule has 2 rings (SSSR count). The average molecular weight is 316 g/mol. The summed E-state index contributed by atoms with van der Waals surface area (Å²) < 4.78 is 0. The predicted molar refractivity (Wildman–Crippen MR) is 88.1 cm³/mol. The van der Waals surface area contributed by atoms with Crippen molar-refractivity contribution in [2.75, 3.05) is 23.7 Å². The van der Waals surface area contributed by atoms with Crippen LogP contribution in [0.5, 0.6) is 0 Å². The second kappa shape index (κ2) is 7.94. The van der Waals surface area contributed by atoms with Crippen LogP contribution in [-0.4, -0.2) is 18.1 Å². The quantitative estimate of drug-likeness (QED) is 0.757. The van der Waals surface area contributed by atoms with Crippen LogP contribution in [0.2, 0.25) is 10.0 Å². The highest BCUT2D eigenvalue weighted by Crippen LogP contribution is 2.30. The highest BCUT2D eigenvalue weighted by Gasteiger charge is 2.14. The van der Waals surface area contributed by atoms with E-state index in [1.54, 1.807) is 6.07 Å². The average Bonchev–Trinajstić information content (AvgIpc) is 2.45. The minimum Gasteiger partial charge on any atom is -0.369 e. The Labute approximate surface area is 131 Å². The van der Waals surface area contributed by atoms with Crippen LogP contribution in [0.1, 0.15) is 45.4 Å². The fourth-order valence-corrected chi connectivity index (χ4v) is 3.24. The van der Waals surface area contributed by atoms with Gasteiger partial charge in [0.05, 0.1) is 10.0 Å². The van der Waals surface area contributed by atoms with Crippen molar-refractivity contribution in [3.63, 3.8) is 0 Å². The largest absolute Gasteiger partial charge is 0.369 e. The lowest BCUT2D eigenvalue weighted by Crippen LogP contribution is -2.13. The van der Waals surface area contributed by atoms with Crippen LogP contribution >= 0.6 is 23.2 Å². The highest BCUT2D eigenvalue weighted by molar-refractivity contribution is 6.37. The molecule has 0 saturated heterocycles. The molecule has 0 spiro atoms. The molecule has 0 bridgehead atoms. The summed E-state index contributed by atoms with van der Waals surface area (Å²) in [7, 11) is 0. The molecule has 3 nitrogen and oxygen atoms in total. The van der Waals surface area contributed by atoms with Crippen molar-refractivity contribution in [1.29, 1.82) is 0 Å². The van der Waals surface area contributed by atoms with Gasteiger partial charge in [-0.15, -0.1) is 0 Å². The van der Waals surface area contributed by atoms with Crippen LogP contribution in [-0.2, 0) is 0 Å². The van der Waals surface area contributed by atoms with Crippen LogP contribution in [0, 0.1) is 5.92 Å². The molecular weight excluding hydrogens is 293 g/mol. The minimum absolute atomic E-state index is 0.565. The van der Waals surface area contributed by atoms with Crippen molar-refractivity contribution in [2.45, 2.75) is 45.4 Å². The normalized spacial score (nSPS) is 16.1. The molecule has 5 heteroatoms. The maximum atomic E-state index is 6.19. The second-order valence-electron chi connectivity index (χ2n) is 5.40. The monoisotopic (exact) mass is 315 g/mol. The first kappa shape index (κ1) is 15.7. The van der Waals surface area contributed by atoms with Crippen molar-refractivity contribution in [2.24, 2.45) is 5.92 Å². The zero-order valence-corrected chi connectivity index (χ0v) is 13.5. The van der Waals surface area contributed by atoms with Gasteiger partial charge in [0, 0.05) is 13.1 Å². The minimum atomic E-state index is 0.565. The first-order valence-electron chi connectivity index (χ1n) is 7.54. The van der Waals surface area contributed by atoms with E-state index in [0.29, 0.717) is 15.9 Å². The lowest BCUT2D eigenvalue weighted by atomic mass is 9.87. The first-order chi connectivity index (χ1) is 9.70. The summed E-state index contributed by atoms with van der Waals surface area (Å²) in [5.74, 6) is 2.28. The molecule has 0 aliphatic heterocycles. The topological polar surface area (TPSA) is 37.0 Å². The van der Waals surface area contributed by atoms with Gasteiger partial charge in [-0.1, -0.05) is 55.3 Å². The van der Waals surface area contributed by atoms with Gasteiger partial charge < -0.3 is 10.6 Å². The van der Waals surface area contributed by atoms with E-state index < -0.39 is 0 Å². The Kier molecular flexibility index (Phi) is 6.24. The number of anilines is 2. The summed E-state index contributed by atoms with van der Waals surface area (Å²) in [5, 5.41) is 7.63. The molecule has 112 valence electrons. The molecule has 0 unspecified atom stereocenters. The Morgan fingerprint density at radius 1 is 1.10 bits per heavy atom. The van der Waals surface area contributed by atoms with Crippen molar-refractivity contribution >= 4 is 34.8 Å². The molecular formula is C15H23Cl2N3. The van der Waals surface area contributed by atoms with E-state index >= 15 is 0 Å². The molecule has 1 aromatic heterocycles. The van der Waals surface area contributed by atoms with Gasteiger partial charge in [-0.2, -0.15) is 0 Å². The Morgan fingerprint density at radius 3 is 2.40 bits per heavy atom. The van der Waals surface area contributed by atoms with E-state index in [4.69, 9.17) is 23.2 Å². The van der Waals surface area contributed by atoms with Gasteiger partial charge in [-0.05, 0) is 25.3 Å². The lowest BCUT2D eigenvalue weighted by Gasteiger charge is -2.21. The fourth-order valence-electron chi connectivity index (χ4n) is 2.75. The van der Waals surface area contributed by atoms with Gasteiger partial charge in [-0.25, -0.2) is 4.98 Å². The van der Waals surface area contributed by atoms with Crippen molar-refractivity contribution in [3.8, 4) is 0 Å². The van der Waals surface area contributed by atoms with E-state index in [2.05, 4.69) is 15.6 Å². The molecule has 0 aromatic carbocycles. The number of pyridine rings is 1. The van der Waals surface area contributed by atoms with Gasteiger partial charge in [0.1, 0.15) is 11.6 Å². The maximum absolute atomic E-state index is 6.19. The van der Waals surface area contributed by atoms with Crippen LogP contribution in [0.4, 0.5) is 11.6 Å². The molecule has 20 heavy (non-hydrogen) atoms. The molecule has 1 aliphatic rings. The maximum Gasteiger partial charge on any atom is 0.147 e. The van der Waals surface area contributed by atoms with Gasteiger partial charge >= 0.3 is 0 Å². The van der Waals surface area contributed by atoms with Gasteiger partial charge in [0.25, 0.3) is 0 Å². The fraction of sp³-hybridized carbons (Fsp3) is 0.667. The van der Waals surface area contributed by atoms with Crippen LogP contribution in [0.25, 0.3) is 0 Å². The highest BCUT2D eigenvalue weighted by atomic mass is 35.5. The molecule has 0 radical (unpaired) electrons. The Morgan fingerprint density at radius 2 is 1.75 bits per heavy atom. The number of rotatable bonds is 6. The summed E-state index contributed by atoms with van der Waals surface area (Å²) >= 11 is 12.3. The third-order valence-corrected chi connectivity index (χ3v) is 4.42. The molecule has 1 saturated carbocycles. The molecule has 1 aliphatic carbocycles. The van der Waals surface area contributed by atoms with Crippen LogP contribution < -0.4 is 10.6 Å². The predicted octanol–water partition coefficient (Wildman–Crippen LogP) is 5.20. The molecule has 0 atom stereocenters. The van der Waals surface area contributed by atoms with E-state index in [-0.39, 0.29) is 0 Å². The van der Waals surface area contributed by atoms with E-state index in [9.17, 15) is 0 Å². The van der Waals surface area contributed by atoms with Crippen LogP contribution in [0.15, 0.2) is 6.07 Å². The third-order valence-electron chi connectivity index (χ3n) is 3.84. The van der Waals surface area contributed by atoms with Crippen molar-refractivity contribution in [3.05, 3.63) is 16.1 Å². The first-order valence-corrected chi connectivity index (χ1v) is 8.30. The summed E-state index contributed by atoms with van der Waals surface area (Å²) in [5.41, 5.74) is 0. The second-order valence-corrected chi connectivity index (χ2v) is 6.21. The molecule has 1 heterocycles. The summed E-state index contributed by atoms with van der Waals surface area (Å²) in [4.78, 5) is 4.46. The summed E-state index contributed by atoms with van der Waals surface area (Å²) in [6.07, 6.45) is 8.10. The van der Waals surface area contributed by atoms with Crippen molar-refractivity contribution in [1.82, 2.24) is 4.98 Å². The van der Waals surface area contributed by atoms with Crippen LogP contribution in [0.3, 0.4) is 0 Å². The zero-order chi connectivity index (χ0) is 14.4. The van der Waals surface area contributed by atoms with Gasteiger partial charge in [-0.3, -0.25) is 0 Å². The Hall–Kier alpha value is -0.670. The van der Waals surface area contributed by atoms with Crippen molar-refractivity contribution < 1.29 is 0 Å². The zero-order valence-electron chi connectivity index (χ0n) is 12.0. The standard InChI is InChI=1S/C15H23Cl2N3/c1-2-18-14-12(16)10-13(17)15(20-14)19-9-8-11-6-4-3-5-7-11/h10-11H,2-9H2,1H3,(H2,18,19,20). The van der Waals surface area contributed by atoms with E-state index in [1.807, 2.05) is 6.92 Å². The third kappa shape index (κ3) is 4.42. The number of hydrogen-bond acceptors (Lipinski definition) is 3. The molecule has 0 amide bonds. The van der Waals surface area contributed by atoms with E-state index in [0.717, 1.165) is 24.8 Å². The number of aromatic nitrogens is 1. The summed E-state index contributed by atoms with van der Waals surface area (Å²) in [6.45, 7) is 3.73. The van der Waals surface area contributed by atoms with Gasteiger partial charge in [0.2, 0.25) is 0 Å². The van der Waals surface area contributed by atoms with E-state index in [1.165, 1.54) is 38.5 Å².